The van der Waals surface area contributed by atoms with Gasteiger partial charge in [0.15, 0.2) is 5.13 Å². The van der Waals surface area contributed by atoms with E-state index in [9.17, 15) is 0 Å². The second-order valence-electron chi connectivity index (χ2n) is 6.54. The Labute approximate surface area is 133 Å². The molecule has 21 heavy (non-hydrogen) atoms. The van der Waals surface area contributed by atoms with Gasteiger partial charge in [0, 0.05) is 18.0 Å². The third kappa shape index (κ3) is 3.42. The first kappa shape index (κ1) is 15.3. The van der Waals surface area contributed by atoms with Crippen molar-refractivity contribution in [3.05, 3.63) is 10.6 Å². The van der Waals surface area contributed by atoms with Crippen molar-refractivity contribution in [2.45, 2.75) is 64.8 Å². The molecule has 1 saturated heterocycles. The van der Waals surface area contributed by atoms with Gasteiger partial charge < -0.3 is 10.2 Å². The van der Waals surface area contributed by atoms with Gasteiger partial charge in [-0.1, -0.05) is 20.3 Å². The molecule has 1 aromatic rings. The van der Waals surface area contributed by atoms with Crippen LogP contribution in [0.2, 0.25) is 0 Å². The zero-order valence-electron chi connectivity index (χ0n) is 13.5. The Bertz CT molecular complexity index is 449. The summed E-state index contributed by atoms with van der Waals surface area (Å²) in [6.45, 7) is 8.09. The van der Waals surface area contributed by atoms with E-state index in [1.165, 1.54) is 68.9 Å². The summed E-state index contributed by atoms with van der Waals surface area (Å²) in [4.78, 5) is 9.12. The van der Waals surface area contributed by atoms with Gasteiger partial charge in [-0.05, 0) is 51.0 Å². The van der Waals surface area contributed by atoms with E-state index in [1.54, 1.807) is 4.88 Å². The lowest BCUT2D eigenvalue weighted by molar-refractivity contribution is 0.394. The molecule has 1 aliphatic heterocycles. The number of rotatable bonds is 5. The number of hydrogen-bond donors (Lipinski definition) is 1. The summed E-state index contributed by atoms with van der Waals surface area (Å²) in [6.07, 6.45) is 9.04. The predicted octanol–water partition coefficient (Wildman–Crippen LogP) is 4.15. The molecule has 4 heteroatoms. The highest BCUT2D eigenvalue weighted by Gasteiger charge is 2.27. The Kier molecular flexibility index (Phi) is 5.17. The van der Waals surface area contributed by atoms with Crippen LogP contribution < -0.4 is 10.2 Å². The van der Waals surface area contributed by atoms with Crippen LogP contribution in [-0.2, 0) is 6.42 Å². The van der Waals surface area contributed by atoms with Crippen LogP contribution in [0.15, 0.2) is 0 Å². The van der Waals surface area contributed by atoms with E-state index >= 15 is 0 Å². The highest BCUT2D eigenvalue weighted by atomic mass is 32.1. The second-order valence-corrected chi connectivity index (χ2v) is 7.60. The van der Waals surface area contributed by atoms with Gasteiger partial charge in [0.25, 0.3) is 0 Å². The first-order chi connectivity index (χ1) is 10.3. The van der Waals surface area contributed by atoms with Gasteiger partial charge in [0.2, 0.25) is 0 Å². The number of thiazole rings is 1. The molecule has 0 aromatic carbocycles. The van der Waals surface area contributed by atoms with E-state index in [1.807, 2.05) is 11.3 Å². The minimum atomic E-state index is 0.506. The molecule has 1 atom stereocenters. The molecular weight excluding hydrogens is 278 g/mol. The Morgan fingerprint density at radius 3 is 2.76 bits per heavy atom. The number of aryl methyl sites for hydroxylation is 1. The number of anilines is 1. The fourth-order valence-electron chi connectivity index (χ4n) is 3.59. The fourth-order valence-corrected chi connectivity index (χ4v) is 4.81. The lowest BCUT2D eigenvalue weighted by Crippen LogP contribution is -2.33. The molecule has 0 spiro atoms. The number of nitrogens with one attached hydrogen (secondary N) is 1. The lowest BCUT2D eigenvalue weighted by Gasteiger charge is -2.31. The fraction of sp³-hybridized carbons (Fsp3) is 0.824. The summed E-state index contributed by atoms with van der Waals surface area (Å²) in [5, 5.41) is 4.98. The molecule has 1 unspecified atom stereocenters. The average molecular weight is 308 g/mol. The summed E-state index contributed by atoms with van der Waals surface area (Å²) in [5.74, 6) is 0.940. The molecule has 1 aliphatic carbocycles. The molecule has 1 N–H and O–H groups in total. The molecule has 2 aliphatic rings. The van der Waals surface area contributed by atoms with Crippen LogP contribution in [0.25, 0.3) is 0 Å². The standard InChI is InChI=1S/C17H29N3S/c1-3-10-18-14-6-5-7-15-16(14)19-17(21-15)20-11-8-13(4-2)9-12-20/h13-14,18H,3-12H2,1-2H3. The van der Waals surface area contributed by atoms with Gasteiger partial charge in [0.1, 0.15) is 0 Å². The minimum absolute atomic E-state index is 0.506. The molecule has 3 rings (SSSR count). The summed E-state index contributed by atoms with van der Waals surface area (Å²) in [7, 11) is 0. The van der Waals surface area contributed by atoms with Crippen molar-refractivity contribution in [2.75, 3.05) is 24.5 Å². The van der Waals surface area contributed by atoms with E-state index in [4.69, 9.17) is 4.98 Å². The van der Waals surface area contributed by atoms with Crippen LogP contribution in [0.3, 0.4) is 0 Å². The maximum Gasteiger partial charge on any atom is 0.185 e. The molecule has 1 aromatic heterocycles. The van der Waals surface area contributed by atoms with Crippen molar-refractivity contribution in [1.82, 2.24) is 10.3 Å². The third-order valence-electron chi connectivity index (χ3n) is 5.05. The summed E-state index contributed by atoms with van der Waals surface area (Å²) in [5.41, 5.74) is 1.37. The van der Waals surface area contributed by atoms with Gasteiger partial charge in [-0.15, -0.1) is 11.3 Å². The molecule has 0 saturated carbocycles. The Morgan fingerprint density at radius 2 is 2.05 bits per heavy atom. The first-order valence-electron chi connectivity index (χ1n) is 8.79. The van der Waals surface area contributed by atoms with E-state index < -0.39 is 0 Å². The number of nitrogens with zero attached hydrogens (tertiary/aromatic N) is 2. The summed E-state index contributed by atoms with van der Waals surface area (Å²) in [6, 6.07) is 0.506. The average Bonchev–Trinajstić information content (AvgIpc) is 2.97. The van der Waals surface area contributed by atoms with E-state index in [0.717, 1.165) is 12.5 Å². The molecule has 2 heterocycles. The highest BCUT2D eigenvalue weighted by Crippen LogP contribution is 2.38. The maximum atomic E-state index is 5.04. The molecule has 0 radical (unpaired) electrons. The van der Waals surface area contributed by atoms with Crippen molar-refractivity contribution in [3.8, 4) is 0 Å². The van der Waals surface area contributed by atoms with Crippen LogP contribution in [0.4, 0.5) is 5.13 Å². The van der Waals surface area contributed by atoms with Crippen LogP contribution in [-0.4, -0.2) is 24.6 Å². The lowest BCUT2D eigenvalue weighted by atomic mass is 9.95. The molecule has 0 bridgehead atoms. The monoisotopic (exact) mass is 307 g/mol. The normalized spacial score (nSPS) is 23.3. The van der Waals surface area contributed by atoms with E-state index in [2.05, 4.69) is 24.1 Å². The van der Waals surface area contributed by atoms with Crippen molar-refractivity contribution in [3.63, 3.8) is 0 Å². The number of aromatic nitrogens is 1. The van der Waals surface area contributed by atoms with Crippen LogP contribution in [0.5, 0.6) is 0 Å². The van der Waals surface area contributed by atoms with Gasteiger partial charge in [-0.25, -0.2) is 4.98 Å². The van der Waals surface area contributed by atoms with Crippen molar-refractivity contribution in [1.29, 1.82) is 0 Å². The third-order valence-corrected chi connectivity index (χ3v) is 6.24. The first-order valence-corrected chi connectivity index (χ1v) is 9.61. The van der Waals surface area contributed by atoms with Crippen molar-refractivity contribution in [2.24, 2.45) is 5.92 Å². The highest BCUT2D eigenvalue weighted by molar-refractivity contribution is 7.15. The van der Waals surface area contributed by atoms with Crippen LogP contribution >= 0.6 is 11.3 Å². The van der Waals surface area contributed by atoms with Gasteiger partial charge in [-0.3, -0.25) is 0 Å². The van der Waals surface area contributed by atoms with Gasteiger partial charge >= 0.3 is 0 Å². The molecule has 3 nitrogen and oxygen atoms in total. The minimum Gasteiger partial charge on any atom is -0.348 e. The van der Waals surface area contributed by atoms with Gasteiger partial charge in [-0.2, -0.15) is 0 Å². The van der Waals surface area contributed by atoms with Crippen molar-refractivity contribution < 1.29 is 0 Å². The molecular formula is C17H29N3S. The van der Waals surface area contributed by atoms with Crippen molar-refractivity contribution >= 4 is 16.5 Å². The van der Waals surface area contributed by atoms with Crippen LogP contribution in [0.1, 0.15) is 69.0 Å². The number of fused-ring (bicyclic) bond motifs is 1. The maximum absolute atomic E-state index is 5.04. The molecule has 118 valence electrons. The summed E-state index contributed by atoms with van der Waals surface area (Å²) < 4.78 is 0. The Morgan fingerprint density at radius 1 is 1.24 bits per heavy atom. The Hall–Kier alpha value is -0.610. The van der Waals surface area contributed by atoms with Gasteiger partial charge in [0.05, 0.1) is 11.7 Å². The van der Waals surface area contributed by atoms with E-state index in [-0.39, 0.29) is 0 Å². The number of piperidine rings is 1. The quantitative estimate of drug-likeness (QED) is 0.886. The zero-order chi connectivity index (χ0) is 14.7. The zero-order valence-corrected chi connectivity index (χ0v) is 14.3. The van der Waals surface area contributed by atoms with E-state index in [0.29, 0.717) is 6.04 Å². The SMILES string of the molecule is CCCNC1CCCc2sc(N3CCC(CC)CC3)nc21. The molecule has 1 fully saturated rings. The smallest absolute Gasteiger partial charge is 0.185 e. The topological polar surface area (TPSA) is 28.2 Å². The second kappa shape index (κ2) is 7.10. The largest absolute Gasteiger partial charge is 0.348 e. The van der Waals surface area contributed by atoms with Crippen LogP contribution in [0, 0.1) is 5.92 Å². The molecule has 0 amide bonds. The summed E-state index contributed by atoms with van der Waals surface area (Å²) >= 11 is 1.96. The predicted molar refractivity (Wildman–Crippen MR) is 91.3 cm³/mol. The Balaban J connectivity index is 1.69. The number of hydrogen-bond acceptors (Lipinski definition) is 4.